The molecule has 1 aromatic carbocycles. The van der Waals surface area contributed by atoms with Crippen LogP contribution in [0.3, 0.4) is 0 Å². The summed E-state index contributed by atoms with van der Waals surface area (Å²) in [7, 11) is 0. The summed E-state index contributed by atoms with van der Waals surface area (Å²) in [6.45, 7) is 0. The van der Waals surface area contributed by atoms with Gasteiger partial charge < -0.3 is 4.42 Å². The first kappa shape index (κ1) is 9.66. The summed E-state index contributed by atoms with van der Waals surface area (Å²) in [4.78, 5) is 9.92. The highest BCUT2D eigenvalue weighted by atomic mass is 32.1. The zero-order valence-electron chi connectivity index (χ0n) is 7.32. The van der Waals surface area contributed by atoms with Crippen molar-refractivity contribution in [2.75, 3.05) is 0 Å². The first-order valence-corrected chi connectivity index (χ1v) is 4.39. The number of thiol groups is 1. The largest absolute Gasteiger partial charge is 0.411 e. The van der Waals surface area contributed by atoms with E-state index in [0.29, 0.717) is 5.56 Å². The van der Waals surface area contributed by atoms with Crippen LogP contribution in [0.25, 0.3) is 11.5 Å². The van der Waals surface area contributed by atoms with Crippen molar-refractivity contribution in [3.8, 4) is 11.5 Å². The lowest BCUT2D eigenvalue weighted by Gasteiger charge is -1.93. The van der Waals surface area contributed by atoms with Crippen LogP contribution >= 0.6 is 12.6 Å². The van der Waals surface area contributed by atoms with E-state index in [4.69, 9.17) is 4.42 Å². The summed E-state index contributed by atoms with van der Waals surface area (Å²) < 4.78 is 5.04. The molecule has 0 amide bonds. The third kappa shape index (κ3) is 1.96. The zero-order chi connectivity index (χ0) is 10.8. The second kappa shape index (κ2) is 3.70. The van der Waals surface area contributed by atoms with E-state index in [1.165, 1.54) is 12.1 Å². The maximum atomic E-state index is 10.4. The zero-order valence-corrected chi connectivity index (χ0v) is 8.22. The Morgan fingerprint density at radius 3 is 2.40 bits per heavy atom. The van der Waals surface area contributed by atoms with E-state index in [2.05, 4.69) is 22.8 Å². The summed E-state index contributed by atoms with van der Waals surface area (Å²) in [5, 5.41) is 17.8. The summed E-state index contributed by atoms with van der Waals surface area (Å²) in [6, 6.07) is 5.83. The van der Waals surface area contributed by atoms with Gasteiger partial charge in [0.05, 0.1) is 4.92 Å². The minimum absolute atomic E-state index is 0.0179. The number of benzene rings is 1. The molecule has 2 aromatic rings. The SMILES string of the molecule is O=[N+]([O-])c1ccc(-c2nnc(S)o2)cc1. The van der Waals surface area contributed by atoms with Gasteiger partial charge in [0.2, 0.25) is 5.89 Å². The first-order chi connectivity index (χ1) is 7.16. The van der Waals surface area contributed by atoms with Crippen LogP contribution in [0.2, 0.25) is 0 Å². The standard InChI is InChI=1S/C8H5N3O3S/c12-11(13)6-3-1-5(2-4-6)7-9-10-8(15)14-7/h1-4H,(H,10,15). The molecule has 0 unspecified atom stereocenters. The molecule has 0 bridgehead atoms. The van der Waals surface area contributed by atoms with Crippen LogP contribution < -0.4 is 0 Å². The van der Waals surface area contributed by atoms with Gasteiger partial charge in [0.25, 0.3) is 10.9 Å². The maximum absolute atomic E-state index is 10.4. The molecule has 0 saturated carbocycles. The lowest BCUT2D eigenvalue weighted by Crippen LogP contribution is -1.87. The normalized spacial score (nSPS) is 10.2. The van der Waals surface area contributed by atoms with Gasteiger partial charge in [0.1, 0.15) is 0 Å². The second-order valence-corrected chi connectivity index (χ2v) is 3.08. The van der Waals surface area contributed by atoms with Crippen LogP contribution in [0.5, 0.6) is 0 Å². The number of hydrogen-bond donors (Lipinski definition) is 1. The number of nitrogens with zero attached hydrogens (tertiary/aromatic N) is 3. The molecule has 0 aliphatic carbocycles. The molecule has 0 spiro atoms. The van der Waals surface area contributed by atoms with Crippen molar-refractivity contribution in [2.45, 2.75) is 5.22 Å². The van der Waals surface area contributed by atoms with Crippen LogP contribution in [0.4, 0.5) is 5.69 Å². The predicted octanol–water partition coefficient (Wildman–Crippen LogP) is 1.93. The molecule has 0 atom stereocenters. The van der Waals surface area contributed by atoms with Gasteiger partial charge in [-0.3, -0.25) is 10.1 Å². The highest BCUT2D eigenvalue weighted by Gasteiger charge is 2.09. The van der Waals surface area contributed by atoms with Gasteiger partial charge in [-0.25, -0.2) is 0 Å². The highest BCUT2D eigenvalue weighted by Crippen LogP contribution is 2.21. The van der Waals surface area contributed by atoms with Crippen molar-refractivity contribution in [2.24, 2.45) is 0 Å². The summed E-state index contributed by atoms with van der Waals surface area (Å²) in [5.74, 6) is 0.287. The van der Waals surface area contributed by atoms with Crippen LogP contribution in [-0.2, 0) is 0 Å². The summed E-state index contributed by atoms with van der Waals surface area (Å²) in [5.41, 5.74) is 0.637. The van der Waals surface area contributed by atoms with Gasteiger partial charge in [-0.05, 0) is 12.1 Å². The van der Waals surface area contributed by atoms with Crippen molar-refractivity contribution in [1.82, 2.24) is 10.2 Å². The van der Waals surface area contributed by atoms with E-state index in [-0.39, 0.29) is 16.8 Å². The molecule has 0 fully saturated rings. The van der Waals surface area contributed by atoms with E-state index in [0.717, 1.165) is 0 Å². The molecule has 0 radical (unpaired) electrons. The van der Waals surface area contributed by atoms with Crippen molar-refractivity contribution in [3.63, 3.8) is 0 Å². The van der Waals surface area contributed by atoms with E-state index >= 15 is 0 Å². The molecule has 76 valence electrons. The van der Waals surface area contributed by atoms with Crippen LogP contribution in [0.1, 0.15) is 0 Å². The number of aromatic nitrogens is 2. The van der Waals surface area contributed by atoms with Crippen molar-refractivity contribution in [3.05, 3.63) is 34.4 Å². The fraction of sp³-hybridized carbons (Fsp3) is 0. The van der Waals surface area contributed by atoms with Crippen molar-refractivity contribution >= 4 is 18.3 Å². The van der Waals surface area contributed by atoms with Crippen LogP contribution in [0, 0.1) is 10.1 Å². The van der Waals surface area contributed by atoms with E-state index in [1.807, 2.05) is 0 Å². The number of nitro benzene ring substituents is 1. The molecule has 6 nitrogen and oxygen atoms in total. The number of hydrogen-bond acceptors (Lipinski definition) is 6. The molecular formula is C8H5N3O3S. The Morgan fingerprint density at radius 1 is 1.27 bits per heavy atom. The Kier molecular flexibility index (Phi) is 2.38. The molecule has 0 saturated heterocycles. The van der Waals surface area contributed by atoms with Gasteiger partial charge in [0, 0.05) is 17.7 Å². The molecule has 2 rings (SSSR count). The van der Waals surface area contributed by atoms with Crippen molar-refractivity contribution < 1.29 is 9.34 Å². The minimum atomic E-state index is -0.471. The number of non-ortho nitro benzene ring substituents is 1. The Balaban J connectivity index is 2.35. The van der Waals surface area contributed by atoms with E-state index < -0.39 is 4.92 Å². The Labute approximate surface area is 89.5 Å². The lowest BCUT2D eigenvalue weighted by molar-refractivity contribution is -0.384. The average molecular weight is 223 g/mol. The Morgan fingerprint density at radius 2 is 1.93 bits per heavy atom. The second-order valence-electron chi connectivity index (χ2n) is 2.69. The van der Waals surface area contributed by atoms with E-state index in [1.54, 1.807) is 12.1 Å². The highest BCUT2D eigenvalue weighted by molar-refractivity contribution is 7.80. The predicted molar refractivity (Wildman–Crippen MR) is 53.6 cm³/mol. The van der Waals surface area contributed by atoms with Gasteiger partial charge in [0.15, 0.2) is 0 Å². The Bertz CT molecular complexity index is 494. The van der Waals surface area contributed by atoms with Gasteiger partial charge >= 0.3 is 0 Å². The molecule has 1 heterocycles. The molecule has 15 heavy (non-hydrogen) atoms. The van der Waals surface area contributed by atoms with Gasteiger partial charge in [-0.2, -0.15) is 0 Å². The smallest absolute Gasteiger partial charge is 0.273 e. The number of rotatable bonds is 2. The molecular weight excluding hydrogens is 218 g/mol. The molecule has 1 aromatic heterocycles. The fourth-order valence-corrected chi connectivity index (χ4v) is 1.19. The van der Waals surface area contributed by atoms with E-state index in [9.17, 15) is 10.1 Å². The summed E-state index contributed by atoms with van der Waals surface area (Å²) >= 11 is 3.86. The summed E-state index contributed by atoms with van der Waals surface area (Å²) in [6.07, 6.45) is 0. The van der Waals surface area contributed by atoms with Gasteiger partial charge in [-0.1, -0.05) is 12.6 Å². The van der Waals surface area contributed by atoms with Crippen molar-refractivity contribution in [1.29, 1.82) is 0 Å². The number of nitro groups is 1. The molecule has 0 aliphatic rings. The maximum Gasteiger partial charge on any atom is 0.273 e. The van der Waals surface area contributed by atoms with Crippen LogP contribution in [-0.4, -0.2) is 15.1 Å². The quantitative estimate of drug-likeness (QED) is 0.478. The molecule has 7 heteroatoms. The third-order valence-electron chi connectivity index (χ3n) is 1.74. The molecule has 0 aliphatic heterocycles. The average Bonchev–Trinajstić information content (AvgIpc) is 2.65. The fourth-order valence-electron chi connectivity index (χ4n) is 1.06. The first-order valence-electron chi connectivity index (χ1n) is 3.94. The topological polar surface area (TPSA) is 82.1 Å². The monoisotopic (exact) mass is 223 g/mol. The Hall–Kier alpha value is -1.89. The van der Waals surface area contributed by atoms with Crippen LogP contribution in [0.15, 0.2) is 33.9 Å². The minimum Gasteiger partial charge on any atom is -0.411 e. The molecule has 0 N–H and O–H groups in total. The van der Waals surface area contributed by atoms with Gasteiger partial charge in [-0.15, -0.1) is 10.2 Å². The lowest BCUT2D eigenvalue weighted by atomic mass is 10.2. The third-order valence-corrected chi connectivity index (χ3v) is 1.92.